The molecule has 1 fully saturated rings. The summed E-state index contributed by atoms with van der Waals surface area (Å²) in [6.45, 7) is -0.0418. The van der Waals surface area contributed by atoms with E-state index in [1.807, 2.05) is 18.2 Å². The lowest BCUT2D eigenvalue weighted by Crippen LogP contribution is -2.29. The number of likely N-dealkylation sites (tertiary alicyclic amines) is 1. The highest BCUT2D eigenvalue weighted by Gasteiger charge is 2.34. The lowest BCUT2D eigenvalue weighted by Gasteiger charge is -2.15. The second-order valence-corrected chi connectivity index (χ2v) is 5.45. The molecule has 1 aliphatic heterocycles. The highest BCUT2D eigenvalue weighted by atomic mass is 19.1. The van der Waals surface area contributed by atoms with Crippen LogP contribution in [0.3, 0.4) is 0 Å². The molecule has 1 aromatic heterocycles. The Balaban J connectivity index is 1.81. The number of carbonyl (C=O) groups is 1. The van der Waals surface area contributed by atoms with Crippen LogP contribution in [0.25, 0.3) is 11.1 Å². The maximum absolute atomic E-state index is 13.3. The molecule has 1 aliphatic rings. The summed E-state index contributed by atoms with van der Waals surface area (Å²) in [6, 6.07) is 8.83. The molecule has 0 spiro atoms. The minimum Gasteiger partial charge on any atom is -0.494 e. The first-order chi connectivity index (χ1) is 11.1. The van der Waals surface area contributed by atoms with Crippen LogP contribution in [-0.2, 0) is 0 Å². The molecule has 0 aliphatic carbocycles. The molecule has 2 heterocycles. The molecule has 1 aromatic carbocycles. The fourth-order valence-electron chi connectivity index (χ4n) is 2.67. The Morgan fingerprint density at radius 2 is 2.04 bits per heavy atom. The zero-order chi connectivity index (χ0) is 16.4. The molecular weight excluding hydrogens is 299 g/mol. The number of methoxy groups -OCH3 is 1. The third kappa shape index (κ3) is 3.03. The fraction of sp³-hybridized carbons (Fsp3) is 0.294. The fourth-order valence-corrected chi connectivity index (χ4v) is 2.67. The van der Waals surface area contributed by atoms with Crippen LogP contribution in [0.4, 0.5) is 4.39 Å². The van der Waals surface area contributed by atoms with Crippen LogP contribution in [0, 0.1) is 0 Å². The van der Waals surface area contributed by atoms with Crippen molar-refractivity contribution in [2.75, 3.05) is 20.2 Å². The second kappa shape index (κ2) is 6.34. The van der Waals surface area contributed by atoms with Gasteiger partial charge < -0.3 is 14.7 Å². The van der Waals surface area contributed by atoms with E-state index in [2.05, 4.69) is 4.98 Å². The summed E-state index contributed by atoms with van der Waals surface area (Å²) in [4.78, 5) is 17.7. The van der Waals surface area contributed by atoms with E-state index < -0.39 is 12.3 Å². The number of hydrogen-bond donors (Lipinski definition) is 1. The van der Waals surface area contributed by atoms with Crippen molar-refractivity contribution in [1.82, 2.24) is 9.88 Å². The van der Waals surface area contributed by atoms with E-state index in [1.165, 1.54) is 4.90 Å². The van der Waals surface area contributed by atoms with Crippen LogP contribution in [0.1, 0.15) is 10.4 Å². The second-order valence-electron chi connectivity index (χ2n) is 5.45. The molecule has 5 nitrogen and oxygen atoms in total. The number of alkyl halides is 1. The summed E-state index contributed by atoms with van der Waals surface area (Å²) in [7, 11) is 1.57. The van der Waals surface area contributed by atoms with Crippen molar-refractivity contribution in [2.24, 2.45) is 0 Å². The molecule has 1 saturated heterocycles. The van der Waals surface area contributed by atoms with Gasteiger partial charge in [0.25, 0.3) is 5.91 Å². The number of carbonyl (C=O) groups excluding carboxylic acids is 1. The molecular formula is C17H17FN2O3. The van der Waals surface area contributed by atoms with Gasteiger partial charge in [-0.05, 0) is 23.8 Å². The molecule has 0 saturated carbocycles. The molecule has 120 valence electrons. The van der Waals surface area contributed by atoms with Gasteiger partial charge in [0.2, 0.25) is 0 Å². The van der Waals surface area contributed by atoms with Crippen LogP contribution in [0.5, 0.6) is 5.75 Å². The summed E-state index contributed by atoms with van der Waals surface area (Å²) in [6.07, 6.45) is 0.823. The molecule has 2 aromatic rings. The van der Waals surface area contributed by atoms with Crippen LogP contribution in [0.2, 0.25) is 0 Å². The number of halogens is 1. The zero-order valence-electron chi connectivity index (χ0n) is 12.6. The SMILES string of the molecule is COc1cnccc1-c1ccc(C(=O)N2C[C@@H](O)[C@H](F)C2)cc1. The number of nitrogens with zero attached hydrogens (tertiary/aromatic N) is 2. The van der Waals surface area contributed by atoms with E-state index in [9.17, 15) is 14.3 Å². The number of β-amino-alcohol motifs (C(OH)–C–C–N with tert-alkyl or cyclic N) is 1. The first-order valence-electron chi connectivity index (χ1n) is 7.30. The zero-order valence-corrected chi connectivity index (χ0v) is 12.6. The van der Waals surface area contributed by atoms with E-state index in [0.717, 1.165) is 11.1 Å². The minimum absolute atomic E-state index is 0.0277. The Hall–Kier alpha value is -2.47. The number of pyridine rings is 1. The van der Waals surface area contributed by atoms with Crippen LogP contribution in [-0.4, -0.2) is 53.4 Å². The lowest BCUT2D eigenvalue weighted by atomic mass is 10.0. The van der Waals surface area contributed by atoms with E-state index in [0.29, 0.717) is 11.3 Å². The first kappa shape index (κ1) is 15.4. The minimum atomic E-state index is -1.38. The van der Waals surface area contributed by atoms with Gasteiger partial charge in [-0.15, -0.1) is 0 Å². The van der Waals surface area contributed by atoms with Crippen molar-refractivity contribution in [3.05, 3.63) is 48.3 Å². The van der Waals surface area contributed by atoms with Gasteiger partial charge in [0, 0.05) is 23.9 Å². The number of ether oxygens (including phenoxy) is 1. The average Bonchev–Trinajstić information content (AvgIpc) is 2.93. The predicted octanol–water partition coefficient (Wildman–Crippen LogP) is 1.91. The topological polar surface area (TPSA) is 62.7 Å². The van der Waals surface area contributed by atoms with Crippen molar-refractivity contribution >= 4 is 5.91 Å². The standard InChI is InChI=1S/C17H17FN2O3/c1-23-16-8-19-7-6-13(16)11-2-4-12(5-3-11)17(22)20-9-14(18)15(21)10-20/h2-8,14-15,21H,9-10H2,1H3/t14-,15-/m1/s1. The average molecular weight is 316 g/mol. The normalized spacial score (nSPS) is 20.6. The monoisotopic (exact) mass is 316 g/mol. The Morgan fingerprint density at radius 3 is 2.65 bits per heavy atom. The van der Waals surface area contributed by atoms with E-state index >= 15 is 0 Å². The van der Waals surface area contributed by atoms with Crippen molar-refractivity contribution in [3.63, 3.8) is 0 Å². The van der Waals surface area contributed by atoms with Crippen LogP contribution < -0.4 is 4.74 Å². The lowest BCUT2D eigenvalue weighted by molar-refractivity contribution is 0.0764. The third-order valence-electron chi connectivity index (χ3n) is 3.95. The third-order valence-corrected chi connectivity index (χ3v) is 3.95. The van der Waals surface area contributed by atoms with Gasteiger partial charge in [-0.25, -0.2) is 4.39 Å². The highest BCUT2D eigenvalue weighted by molar-refractivity contribution is 5.95. The molecule has 2 atom stereocenters. The summed E-state index contributed by atoms with van der Waals surface area (Å²) in [5.41, 5.74) is 2.23. The van der Waals surface area contributed by atoms with Crippen molar-refractivity contribution in [3.8, 4) is 16.9 Å². The number of rotatable bonds is 3. The molecule has 0 unspecified atom stereocenters. The highest BCUT2D eigenvalue weighted by Crippen LogP contribution is 2.29. The Morgan fingerprint density at radius 1 is 1.30 bits per heavy atom. The largest absolute Gasteiger partial charge is 0.494 e. The maximum Gasteiger partial charge on any atom is 0.254 e. The van der Waals surface area contributed by atoms with Gasteiger partial charge in [-0.3, -0.25) is 9.78 Å². The Labute approximate surface area is 133 Å². The first-order valence-corrected chi connectivity index (χ1v) is 7.30. The number of aromatic nitrogens is 1. The summed E-state index contributed by atoms with van der Waals surface area (Å²) in [5, 5.41) is 9.43. The molecule has 3 rings (SSSR count). The number of benzene rings is 1. The number of hydrogen-bond acceptors (Lipinski definition) is 4. The molecule has 1 amide bonds. The van der Waals surface area contributed by atoms with Crippen LogP contribution >= 0.6 is 0 Å². The smallest absolute Gasteiger partial charge is 0.254 e. The molecule has 23 heavy (non-hydrogen) atoms. The molecule has 1 N–H and O–H groups in total. The van der Waals surface area contributed by atoms with E-state index in [-0.39, 0.29) is 19.0 Å². The number of aliphatic hydroxyl groups excluding tert-OH is 1. The summed E-state index contributed by atoms with van der Waals surface area (Å²) >= 11 is 0. The summed E-state index contributed by atoms with van der Waals surface area (Å²) < 4.78 is 18.6. The Bertz CT molecular complexity index is 695. The van der Waals surface area contributed by atoms with Crippen LogP contribution in [0.15, 0.2) is 42.7 Å². The molecule has 0 bridgehead atoms. The van der Waals surface area contributed by atoms with Gasteiger partial charge in [-0.1, -0.05) is 12.1 Å². The van der Waals surface area contributed by atoms with E-state index in [4.69, 9.17) is 4.74 Å². The number of aliphatic hydroxyl groups is 1. The maximum atomic E-state index is 13.3. The van der Waals surface area contributed by atoms with Crippen molar-refractivity contribution in [2.45, 2.75) is 12.3 Å². The van der Waals surface area contributed by atoms with Gasteiger partial charge in [0.05, 0.1) is 19.9 Å². The predicted molar refractivity (Wildman–Crippen MR) is 83.0 cm³/mol. The van der Waals surface area contributed by atoms with E-state index in [1.54, 1.807) is 31.6 Å². The quantitative estimate of drug-likeness (QED) is 0.939. The van der Waals surface area contributed by atoms with Gasteiger partial charge >= 0.3 is 0 Å². The van der Waals surface area contributed by atoms with Crippen molar-refractivity contribution in [1.29, 1.82) is 0 Å². The van der Waals surface area contributed by atoms with Gasteiger partial charge in [0.15, 0.2) is 0 Å². The van der Waals surface area contributed by atoms with Crippen molar-refractivity contribution < 1.29 is 19.0 Å². The molecule has 6 heteroatoms. The molecule has 0 radical (unpaired) electrons. The summed E-state index contributed by atoms with van der Waals surface area (Å²) in [5.74, 6) is 0.368. The van der Waals surface area contributed by atoms with Gasteiger partial charge in [-0.2, -0.15) is 0 Å². The Kier molecular flexibility index (Phi) is 4.25. The van der Waals surface area contributed by atoms with Gasteiger partial charge in [0.1, 0.15) is 18.0 Å². The number of amides is 1.